The fraction of sp³-hybridized carbons (Fsp3) is 0.769. The zero-order chi connectivity index (χ0) is 14.8. The van der Waals surface area contributed by atoms with Crippen molar-refractivity contribution in [3.8, 4) is 0 Å². The lowest BCUT2D eigenvalue weighted by molar-refractivity contribution is -0.143. The summed E-state index contributed by atoms with van der Waals surface area (Å²) in [5.74, 6) is -1.61. The summed E-state index contributed by atoms with van der Waals surface area (Å²) in [4.78, 5) is 33.7. The summed E-state index contributed by atoms with van der Waals surface area (Å²) < 4.78 is 0. The second-order valence-corrected chi connectivity index (χ2v) is 4.83. The van der Waals surface area contributed by atoms with E-state index in [-0.39, 0.29) is 30.6 Å². The predicted octanol–water partition coefficient (Wildman–Crippen LogP) is 0.908. The molecule has 0 bridgehead atoms. The number of carbonyl (C=O) groups is 3. The van der Waals surface area contributed by atoms with Crippen molar-refractivity contribution in [1.29, 1.82) is 0 Å². The number of amides is 2. The van der Waals surface area contributed by atoms with E-state index in [1.54, 1.807) is 13.8 Å². The van der Waals surface area contributed by atoms with Gasteiger partial charge < -0.3 is 15.7 Å². The molecule has 2 amide bonds. The van der Waals surface area contributed by atoms with E-state index < -0.39 is 12.0 Å². The fourth-order valence-electron chi connectivity index (χ4n) is 1.52. The standard InChI is InChI=1S/C13H24N2O4/c1-4-8-14-10(16)6-5-7-11(17)15-12(9(2)3)13(18)19/h9,12H,4-8H2,1-3H3,(H,14,16)(H,15,17)(H,18,19)/t12-/m1/s1. The highest BCUT2D eigenvalue weighted by atomic mass is 16.4. The van der Waals surface area contributed by atoms with Crippen molar-refractivity contribution in [3.63, 3.8) is 0 Å². The molecule has 0 radical (unpaired) electrons. The minimum absolute atomic E-state index is 0.0757. The molecule has 0 fully saturated rings. The van der Waals surface area contributed by atoms with Crippen molar-refractivity contribution in [2.24, 2.45) is 5.92 Å². The Morgan fingerprint density at radius 1 is 1.11 bits per heavy atom. The summed E-state index contributed by atoms with van der Waals surface area (Å²) in [6, 6.07) is -0.874. The van der Waals surface area contributed by atoms with Crippen LogP contribution in [0, 0.1) is 5.92 Å². The monoisotopic (exact) mass is 272 g/mol. The Bertz CT molecular complexity index is 316. The van der Waals surface area contributed by atoms with E-state index in [1.807, 2.05) is 6.92 Å². The molecule has 6 heteroatoms. The van der Waals surface area contributed by atoms with Gasteiger partial charge in [0.05, 0.1) is 0 Å². The van der Waals surface area contributed by atoms with E-state index in [1.165, 1.54) is 0 Å². The molecule has 0 aliphatic carbocycles. The maximum Gasteiger partial charge on any atom is 0.326 e. The molecule has 0 spiro atoms. The van der Waals surface area contributed by atoms with Crippen LogP contribution in [0.2, 0.25) is 0 Å². The molecule has 0 aromatic carbocycles. The highest BCUT2D eigenvalue weighted by molar-refractivity contribution is 5.84. The number of hydrogen-bond donors (Lipinski definition) is 3. The van der Waals surface area contributed by atoms with E-state index in [0.717, 1.165) is 6.42 Å². The maximum atomic E-state index is 11.6. The van der Waals surface area contributed by atoms with E-state index in [2.05, 4.69) is 10.6 Å². The quantitative estimate of drug-likeness (QED) is 0.581. The third-order valence-electron chi connectivity index (χ3n) is 2.63. The van der Waals surface area contributed by atoms with E-state index >= 15 is 0 Å². The molecule has 0 rings (SSSR count). The van der Waals surface area contributed by atoms with Crippen LogP contribution < -0.4 is 10.6 Å². The highest BCUT2D eigenvalue weighted by Gasteiger charge is 2.22. The van der Waals surface area contributed by atoms with Gasteiger partial charge in [0.25, 0.3) is 0 Å². The minimum atomic E-state index is -1.04. The van der Waals surface area contributed by atoms with Gasteiger partial charge in [0.15, 0.2) is 0 Å². The first-order valence-corrected chi connectivity index (χ1v) is 6.67. The third kappa shape index (κ3) is 8.18. The Hall–Kier alpha value is -1.59. The SMILES string of the molecule is CCCNC(=O)CCCC(=O)N[C@@H](C(=O)O)C(C)C. The van der Waals surface area contributed by atoms with Crippen LogP contribution in [0.15, 0.2) is 0 Å². The van der Waals surface area contributed by atoms with Crippen molar-refractivity contribution in [1.82, 2.24) is 10.6 Å². The number of carbonyl (C=O) groups excluding carboxylic acids is 2. The topological polar surface area (TPSA) is 95.5 Å². The molecule has 0 saturated carbocycles. The number of hydrogen-bond acceptors (Lipinski definition) is 3. The maximum absolute atomic E-state index is 11.6. The normalized spacial score (nSPS) is 12.0. The Kier molecular flexibility index (Phi) is 8.57. The molecule has 3 N–H and O–H groups in total. The Labute approximate surface area is 113 Å². The number of rotatable bonds is 9. The van der Waals surface area contributed by atoms with Crippen LogP contribution in [-0.4, -0.2) is 35.5 Å². The van der Waals surface area contributed by atoms with Crippen LogP contribution >= 0.6 is 0 Å². The minimum Gasteiger partial charge on any atom is -0.480 e. The largest absolute Gasteiger partial charge is 0.480 e. The Balaban J connectivity index is 3.92. The number of aliphatic carboxylic acids is 1. The van der Waals surface area contributed by atoms with Gasteiger partial charge in [-0.05, 0) is 18.8 Å². The molecule has 0 aliphatic heterocycles. The molecule has 0 unspecified atom stereocenters. The van der Waals surface area contributed by atoms with Gasteiger partial charge in [-0.3, -0.25) is 9.59 Å². The van der Waals surface area contributed by atoms with Gasteiger partial charge in [0, 0.05) is 19.4 Å². The zero-order valence-electron chi connectivity index (χ0n) is 11.9. The highest BCUT2D eigenvalue weighted by Crippen LogP contribution is 2.03. The van der Waals surface area contributed by atoms with Crippen molar-refractivity contribution in [3.05, 3.63) is 0 Å². The van der Waals surface area contributed by atoms with Gasteiger partial charge in [-0.2, -0.15) is 0 Å². The van der Waals surface area contributed by atoms with Gasteiger partial charge in [-0.1, -0.05) is 20.8 Å². The number of carboxylic acid groups (broad SMARTS) is 1. The molecular formula is C13H24N2O4. The predicted molar refractivity (Wildman–Crippen MR) is 71.6 cm³/mol. The van der Waals surface area contributed by atoms with Crippen LogP contribution in [0.1, 0.15) is 46.5 Å². The Morgan fingerprint density at radius 2 is 1.68 bits per heavy atom. The van der Waals surface area contributed by atoms with Crippen LogP contribution in [0.5, 0.6) is 0 Å². The van der Waals surface area contributed by atoms with Crippen LogP contribution in [0.3, 0.4) is 0 Å². The van der Waals surface area contributed by atoms with Crippen molar-refractivity contribution in [2.75, 3.05) is 6.54 Å². The van der Waals surface area contributed by atoms with E-state index in [0.29, 0.717) is 13.0 Å². The van der Waals surface area contributed by atoms with Gasteiger partial charge in [0.2, 0.25) is 11.8 Å². The molecular weight excluding hydrogens is 248 g/mol. The molecule has 19 heavy (non-hydrogen) atoms. The number of carboxylic acids is 1. The summed E-state index contributed by atoms with van der Waals surface area (Å²) in [6.45, 7) is 6.07. The molecule has 0 heterocycles. The molecule has 110 valence electrons. The van der Waals surface area contributed by atoms with E-state index in [9.17, 15) is 14.4 Å². The average molecular weight is 272 g/mol. The first kappa shape index (κ1) is 17.4. The second-order valence-electron chi connectivity index (χ2n) is 4.83. The van der Waals surface area contributed by atoms with E-state index in [4.69, 9.17) is 5.11 Å². The van der Waals surface area contributed by atoms with Crippen molar-refractivity contribution in [2.45, 2.75) is 52.5 Å². The summed E-state index contributed by atoms with van der Waals surface area (Å²) in [7, 11) is 0. The molecule has 0 aromatic heterocycles. The van der Waals surface area contributed by atoms with Gasteiger partial charge in [-0.25, -0.2) is 4.79 Å². The van der Waals surface area contributed by atoms with Crippen molar-refractivity contribution < 1.29 is 19.5 Å². The summed E-state index contributed by atoms with van der Waals surface area (Å²) in [6.07, 6.45) is 1.75. The summed E-state index contributed by atoms with van der Waals surface area (Å²) in [5, 5.41) is 14.1. The first-order valence-electron chi connectivity index (χ1n) is 6.67. The molecule has 0 saturated heterocycles. The van der Waals surface area contributed by atoms with Gasteiger partial charge in [-0.15, -0.1) is 0 Å². The smallest absolute Gasteiger partial charge is 0.326 e. The molecule has 1 atom stereocenters. The lowest BCUT2D eigenvalue weighted by Crippen LogP contribution is -2.44. The number of nitrogens with one attached hydrogen (secondary N) is 2. The lowest BCUT2D eigenvalue weighted by atomic mass is 10.0. The Morgan fingerprint density at radius 3 is 2.16 bits per heavy atom. The summed E-state index contributed by atoms with van der Waals surface area (Å²) >= 11 is 0. The average Bonchev–Trinajstić information content (AvgIpc) is 2.32. The summed E-state index contributed by atoms with van der Waals surface area (Å²) in [5.41, 5.74) is 0. The zero-order valence-corrected chi connectivity index (χ0v) is 11.9. The van der Waals surface area contributed by atoms with Crippen LogP contribution in [0.25, 0.3) is 0 Å². The fourth-order valence-corrected chi connectivity index (χ4v) is 1.52. The molecule has 0 aliphatic rings. The first-order chi connectivity index (χ1) is 8.88. The second kappa shape index (κ2) is 9.35. The molecule has 0 aromatic rings. The van der Waals surface area contributed by atoms with Crippen LogP contribution in [0.4, 0.5) is 0 Å². The van der Waals surface area contributed by atoms with Gasteiger partial charge in [0.1, 0.15) is 6.04 Å². The molecule has 6 nitrogen and oxygen atoms in total. The van der Waals surface area contributed by atoms with Crippen molar-refractivity contribution >= 4 is 17.8 Å². The lowest BCUT2D eigenvalue weighted by Gasteiger charge is -2.17. The van der Waals surface area contributed by atoms with Crippen LogP contribution in [-0.2, 0) is 14.4 Å². The third-order valence-corrected chi connectivity index (χ3v) is 2.63. The van der Waals surface area contributed by atoms with Gasteiger partial charge >= 0.3 is 5.97 Å².